The van der Waals surface area contributed by atoms with E-state index in [0.717, 1.165) is 14.6 Å². The minimum atomic E-state index is -0.954. The van der Waals surface area contributed by atoms with Crippen LogP contribution in [-0.2, 0) is 0 Å². The Balaban J connectivity index is 2.40. The normalized spacial score (nSPS) is 10.1. The van der Waals surface area contributed by atoms with Crippen LogP contribution in [-0.4, -0.2) is 11.1 Å². The molecule has 0 saturated carbocycles. The Bertz CT molecular complexity index is 599. The number of halogens is 2. The van der Waals surface area contributed by atoms with E-state index in [1.54, 1.807) is 24.3 Å². The number of carbonyl (C=O) groups is 1. The largest absolute Gasteiger partial charge is 0.478 e. The van der Waals surface area contributed by atoms with Crippen molar-refractivity contribution < 1.29 is 9.90 Å². The third-order valence-corrected chi connectivity index (χ3v) is 3.54. The van der Waals surface area contributed by atoms with Gasteiger partial charge in [0.15, 0.2) is 0 Å². The maximum Gasteiger partial charge on any atom is 0.337 e. The van der Waals surface area contributed by atoms with Gasteiger partial charge in [0.1, 0.15) is 0 Å². The summed E-state index contributed by atoms with van der Waals surface area (Å²) in [6.45, 7) is 0. The predicted molar refractivity (Wildman–Crippen MR) is 78.5 cm³/mol. The molecule has 0 unspecified atom stereocenters. The molecule has 0 aliphatic heterocycles. The van der Waals surface area contributed by atoms with Crippen molar-refractivity contribution in [3.63, 3.8) is 0 Å². The van der Waals surface area contributed by atoms with Crippen LogP contribution in [0.2, 0.25) is 0 Å². The number of carboxylic acids is 1. The summed E-state index contributed by atoms with van der Waals surface area (Å²) in [5, 5.41) is 12.2. The molecule has 0 saturated heterocycles. The average Bonchev–Trinajstić information content (AvgIpc) is 2.34. The van der Waals surface area contributed by atoms with Crippen LogP contribution in [0.3, 0.4) is 0 Å². The summed E-state index contributed by atoms with van der Waals surface area (Å²) in [6.07, 6.45) is 0. The molecule has 2 rings (SSSR count). The minimum Gasteiger partial charge on any atom is -0.478 e. The molecule has 0 aromatic heterocycles. The van der Waals surface area contributed by atoms with Crippen molar-refractivity contribution in [2.45, 2.75) is 0 Å². The molecule has 0 aliphatic carbocycles. The number of nitrogens with one attached hydrogen (secondary N) is 1. The molecular formula is C13H9Br2NO2. The number of rotatable bonds is 3. The Morgan fingerprint density at radius 2 is 1.78 bits per heavy atom. The molecule has 0 spiro atoms. The van der Waals surface area contributed by atoms with Crippen molar-refractivity contribution in [2.75, 3.05) is 5.32 Å². The van der Waals surface area contributed by atoms with Gasteiger partial charge < -0.3 is 10.4 Å². The molecule has 0 bridgehead atoms. The van der Waals surface area contributed by atoms with E-state index in [9.17, 15) is 4.79 Å². The Morgan fingerprint density at radius 3 is 2.50 bits per heavy atom. The van der Waals surface area contributed by atoms with Crippen LogP contribution in [0, 0.1) is 0 Å². The highest BCUT2D eigenvalue weighted by Gasteiger charge is 2.10. The fourth-order valence-electron chi connectivity index (χ4n) is 1.52. The molecule has 18 heavy (non-hydrogen) atoms. The Labute approximate surface area is 121 Å². The van der Waals surface area contributed by atoms with E-state index >= 15 is 0 Å². The molecule has 0 atom stereocenters. The Morgan fingerprint density at radius 1 is 1.06 bits per heavy atom. The van der Waals surface area contributed by atoms with Gasteiger partial charge in [0.25, 0.3) is 0 Å². The third kappa shape index (κ3) is 2.91. The standard InChI is InChI=1S/C13H9Br2NO2/c14-8-5-6-10(15)12(7-8)16-11-4-2-1-3-9(11)13(17)18/h1-7,16H,(H,17,18). The van der Waals surface area contributed by atoms with E-state index in [1.807, 2.05) is 18.2 Å². The van der Waals surface area contributed by atoms with Crippen molar-refractivity contribution in [3.8, 4) is 0 Å². The van der Waals surface area contributed by atoms with E-state index < -0.39 is 5.97 Å². The van der Waals surface area contributed by atoms with Gasteiger partial charge in [-0.25, -0.2) is 4.79 Å². The van der Waals surface area contributed by atoms with Gasteiger partial charge in [-0.05, 0) is 46.3 Å². The molecule has 5 heteroatoms. The van der Waals surface area contributed by atoms with Crippen molar-refractivity contribution in [3.05, 3.63) is 57.0 Å². The number of hydrogen-bond donors (Lipinski definition) is 2. The molecule has 0 fully saturated rings. The molecule has 0 aliphatic rings. The molecule has 2 aromatic rings. The molecular weight excluding hydrogens is 362 g/mol. The number of hydrogen-bond acceptors (Lipinski definition) is 2. The van der Waals surface area contributed by atoms with Crippen LogP contribution in [0.1, 0.15) is 10.4 Å². The van der Waals surface area contributed by atoms with Gasteiger partial charge in [0, 0.05) is 8.95 Å². The number of aromatic carboxylic acids is 1. The number of para-hydroxylation sites is 1. The first-order valence-electron chi connectivity index (χ1n) is 5.12. The van der Waals surface area contributed by atoms with Crippen LogP contribution in [0.25, 0.3) is 0 Å². The summed E-state index contributed by atoms with van der Waals surface area (Å²) in [4.78, 5) is 11.1. The predicted octanol–water partition coefficient (Wildman–Crippen LogP) is 4.65. The second kappa shape index (κ2) is 5.54. The SMILES string of the molecule is O=C(O)c1ccccc1Nc1cc(Br)ccc1Br. The highest BCUT2D eigenvalue weighted by atomic mass is 79.9. The summed E-state index contributed by atoms with van der Waals surface area (Å²) in [5.74, 6) is -0.954. The fourth-order valence-corrected chi connectivity index (χ4v) is 2.22. The second-order valence-electron chi connectivity index (χ2n) is 3.60. The lowest BCUT2D eigenvalue weighted by molar-refractivity contribution is 0.0698. The first kappa shape index (κ1) is 13.1. The first-order chi connectivity index (χ1) is 8.58. The number of benzene rings is 2. The first-order valence-corrected chi connectivity index (χ1v) is 6.71. The molecule has 92 valence electrons. The van der Waals surface area contributed by atoms with Crippen LogP contribution in [0.4, 0.5) is 11.4 Å². The third-order valence-electron chi connectivity index (χ3n) is 2.36. The van der Waals surface area contributed by atoms with Crippen LogP contribution < -0.4 is 5.32 Å². The lowest BCUT2D eigenvalue weighted by Crippen LogP contribution is -2.02. The second-order valence-corrected chi connectivity index (χ2v) is 5.37. The summed E-state index contributed by atoms with van der Waals surface area (Å²) < 4.78 is 1.78. The van der Waals surface area contributed by atoms with Gasteiger partial charge in [-0.3, -0.25) is 0 Å². The van der Waals surface area contributed by atoms with Gasteiger partial charge in [-0.1, -0.05) is 28.1 Å². The van der Waals surface area contributed by atoms with Crippen LogP contribution >= 0.6 is 31.9 Å². The van der Waals surface area contributed by atoms with Gasteiger partial charge in [0.2, 0.25) is 0 Å². The van der Waals surface area contributed by atoms with Gasteiger partial charge in [-0.2, -0.15) is 0 Å². The van der Waals surface area contributed by atoms with Crippen molar-refractivity contribution in [1.82, 2.24) is 0 Å². The van der Waals surface area contributed by atoms with Gasteiger partial charge in [-0.15, -0.1) is 0 Å². The van der Waals surface area contributed by atoms with E-state index in [0.29, 0.717) is 5.69 Å². The topological polar surface area (TPSA) is 49.3 Å². The molecule has 2 aromatic carbocycles. The number of carboxylic acid groups (broad SMARTS) is 1. The van der Waals surface area contributed by atoms with Crippen LogP contribution in [0.15, 0.2) is 51.4 Å². The molecule has 3 nitrogen and oxygen atoms in total. The van der Waals surface area contributed by atoms with E-state index in [-0.39, 0.29) is 5.56 Å². The molecule has 0 radical (unpaired) electrons. The maximum absolute atomic E-state index is 11.1. The molecule has 0 amide bonds. The fraction of sp³-hybridized carbons (Fsp3) is 0. The van der Waals surface area contributed by atoms with Gasteiger partial charge in [0.05, 0.1) is 16.9 Å². The summed E-state index contributed by atoms with van der Waals surface area (Å²) in [5.41, 5.74) is 1.60. The lowest BCUT2D eigenvalue weighted by atomic mass is 10.1. The molecule has 2 N–H and O–H groups in total. The zero-order chi connectivity index (χ0) is 13.1. The zero-order valence-corrected chi connectivity index (χ0v) is 12.3. The quantitative estimate of drug-likeness (QED) is 0.826. The van der Waals surface area contributed by atoms with Crippen LogP contribution in [0.5, 0.6) is 0 Å². The molecule has 0 heterocycles. The van der Waals surface area contributed by atoms with Gasteiger partial charge >= 0.3 is 5.97 Å². The maximum atomic E-state index is 11.1. The zero-order valence-electron chi connectivity index (χ0n) is 9.15. The highest BCUT2D eigenvalue weighted by molar-refractivity contribution is 9.11. The van der Waals surface area contributed by atoms with E-state index in [1.165, 1.54) is 0 Å². The Hall–Kier alpha value is -1.33. The average molecular weight is 371 g/mol. The number of anilines is 2. The Kier molecular flexibility index (Phi) is 4.04. The highest BCUT2D eigenvalue weighted by Crippen LogP contribution is 2.30. The summed E-state index contributed by atoms with van der Waals surface area (Å²) in [7, 11) is 0. The van der Waals surface area contributed by atoms with E-state index in [2.05, 4.69) is 37.2 Å². The summed E-state index contributed by atoms with van der Waals surface area (Å²) >= 11 is 6.80. The van der Waals surface area contributed by atoms with Crippen molar-refractivity contribution >= 4 is 49.2 Å². The lowest BCUT2D eigenvalue weighted by Gasteiger charge is -2.11. The monoisotopic (exact) mass is 369 g/mol. The van der Waals surface area contributed by atoms with E-state index in [4.69, 9.17) is 5.11 Å². The van der Waals surface area contributed by atoms with Crippen molar-refractivity contribution in [1.29, 1.82) is 0 Å². The van der Waals surface area contributed by atoms with Crippen molar-refractivity contribution in [2.24, 2.45) is 0 Å². The summed E-state index contributed by atoms with van der Waals surface area (Å²) in [6, 6.07) is 12.5. The smallest absolute Gasteiger partial charge is 0.337 e. The minimum absolute atomic E-state index is 0.240.